The van der Waals surface area contributed by atoms with Crippen molar-refractivity contribution in [1.29, 1.82) is 0 Å². The van der Waals surface area contributed by atoms with Gasteiger partial charge in [0.15, 0.2) is 0 Å². The van der Waals surface area contributed by atoms with Crippen molar-refractivity contribution < 1.29 is 0 Å². The molecule has 0 fully saturated rings. The van der Waals surface area contributed by atoms with E-state index in [4.69, 9.17) is 5.73 Å². The molecule has 0 aliphatic rings. The van der Waals surface area contributed by atoms with Gasteiger partial charge >= 0.3 is 0 Å². The lowest BCUT2D eigenvalue weighted by Crippen LogP contribution is -2.02. The average Bonchev–Trinajstić information content (AvgIpc) is 2.89. The molecule has 0 aliphatic carbocycles. The number of aryl methyl sites for hydroxylation is 1. The maximum Gasteiger partial charge on any atom is 0.233 e. The molecular weight excluding hydrogens is 264 g/mol. The van der Waals surface area contributed by atoms with Crippen LogP contribution < -0.4 is 5.73 Å². The number of hydrogen-bond donors (Lipinski definition) is 1. The van der Waals surface area contributed by atoms with Crippen molar-refractivity contribution >= 4 is 17.3 Å². The zero-order valence-corrected chi connectivity index (χ0v) is 11.3. The molecule has 3 rings (SSSR count). The summed E-state index contributed by atoms with van der Waals surface area (Å²) in [5, 5.41) is 0. The van der Waals surface area contributed by atoms with Gasteiger partial charge < -0.3 is 5.73 Å². The Balaban J connectivity index is 0.00000161. The highest BCUT2D eigenvalue weighted by atomic mass is 15.1. The SMILES string of the molecule is C.C/C=C(/c1cnc2nccn2c1)c1cnc(N)nc1C. The molecule has 0 bridgehead atoms. The van der Waals surface area contributed by atoms with Crippen LogP contribution in [0.2, 0.25) is 0 Å². The van der Waals surface area contributed by atoms with Crippen molar-refractivity contribution in [3.63, 3.8) is 0 Å². The number of nitrogen functional groups attached to an aromatic ring is 1. The Hall–Kier alpha value is -2.76. The summed E-state index contributed by atoms with van der Waals surface area (Å²) in [6, 6.07) is 0. The number of aromatic nitrogens is 5. The summed E-state index contributed by atoms with van der Waals surface area (Å²) < 4.78 is 1.88. The highest BCUT2D eigenvalue weighted by Gasteiger charge is 2.10. The van der Waals surface area contributed by atoms with Crippen molar-refractivity contribution in [2.75, 3.05) is 5.73 Å². The average molecular weight is 282 g/mol. The van der Waals surface area contributed by atoms with Gasteiger partial charge in [-0.25, -0.2) is 19.9 Å². The Kier molecular flexibility index (Phi) is 3.98. The first kappa shape index (κ1) is 14.6. The van der Waals surface area contributed by atoms with E-state index in [0.717, 1.165) is 22.4 Å². The zero-order chi connectivity index (χ0) is 14.1. The van der Waals surface area contributed by atoms with E-state index in [2.05, 4.69) is 19.9 Å². The number of anilines is 1. The monoisotopic (exact) mass is 282 g/mol. The number of fused-ring (bicyclic) bond motifs is 1. The number of allylic oxidation sites excluding steroid dienone is 1. The summed E-state index contributed by atoms with van der Waals surface area (Å²) in [5.74, 6) is 0.958. The van der Waals surface area contributed by atoms with Gasteiger partial charge in [0.05, 0.1) is 5.69 Å². The number of nitrogens with two attached hydrogens (primary N) is 1. The molecule has 0 radical (unpaired) electrons. The highest BCUT2D eigenvalue weighted by Crippen LogP contribution is 2.24. The lowest BCUT2D eigenvalue weighted by Gasteiger charge is -2.10. The third-order valence-corrected chi connectivity index (χ3v) is 3.13. The first-order valence-electron chi connectivity index (χ1n) is 6.24. The Bertz CT molecular complexity index is 803. The summed E-state index contributed by atoms with van der Waals surface area (Å²) in [4.78, 5) is 16.7. The van der Waals surface area contributed by atoms with Crippen LogP contribution >= 0.6 is 0 Å². The number of hydrogen-bond acceptors (Lipinski definition) is 5. The van der Waals surface area contributed by atoms with Crippen LogP contribution in [-0.2, 0) is 0 Å². The smallest absolute Gasteiger partial charge is 0.233 e. The van der Waals surface area contributed by atoms with Crippen LogP contribution in [0.1, 0.15) is 31.2 Å². The minimum Gasteiger partial charge on any atom is -0.368 e. The van der Waals surface area contributed by atoms with Crippen molar-refractivity contribution in [2.45, 2.75) is 21.3 Å². The second kappa shape index (κ2) is 5.70. The van der Waals surface area contributed by atoms with Crippen molar-refractivity contribution in [3.05, 3.63) is 53.9 Å². The molecule has 0 spiro atoms. The molecule has 3 aromatic rings. The summed E-state index contributed by atoms with van der Waals surface area (Å²) in [7, 11) is 0. The molecule has 21 heavy (non-hydrogen) atoms. The Morgan fingerprint density at radius 1 is 1.24 bits per heavy atom. The maximum absolute atomic E-state index is 5.60. The zero-order valence-electron chi connectivity index (χ0n) is 11.3. The molecule has 0 aliphatic heterocycles. The fraction of sp³-hybridized carbons (Fsp3) is 0.200. The summed E-state index contributed by atoms with van der Waals surface area (Å²) in [5.41, 5.74) is 9.39. The van der Waals surface area contributed by atoms with E-state index in [1.807, 2.05) is 36.7 Å². The van der Waals surface area contributed by atoms with Gasteiger partial charge in [0.25, 0.3) is 0 Å². The molecule has 0 amide bonds. The van der Waals surface area contributed by atoms with Gasteiger partial charge in [-0.1, -0.05) is 13.5 Å². The molecule has 108 valence electrons. The summed E-state index contributed by atoms with van der Waals surface area (Å²) in [6.07, 6.45) is 11.1. The second-order valence-corrected chi connectivity index (χ2v) is 4.41. The van der Waals surface area contributed by atoms with Gasteiger partial charge in [-0.3, -0.25) is 4.40 Å². The van der Waals surface area contributed by atoms with Crippen molar-refractivity contribution in [1.82, 2.24) is 24.3 Å². The third kappa shape index (κ3) is 2.60. The molecular formula is C15H18N6. The van der Waals surface area contributed by atoms with Crippen LogP contribution in [0.15, 0.2) is 37.1 Å². The van der Waals surface area contributed by atoms with Crippen LogP contribution in [0.25, 0.3) is 11.4 Å². The van der Waals surface area contributed by atoms with Gasteiger partial charge in [0.1, 0.15) is 0 Å². The van der Waals surface area contributed by atoms with Gasteiger partial charge in [-0.2, -0.15) is 0 Å². The number of nitrogens with zero attached hydrogens (tertiary/aromatic N) is 5. The van der Waals surface area contributed by atoms with Crippen LogP contribution in [-0.4, -0.2) is 24.3 Å². The van der Waals surface area contributed by atoms with E-state index in [0.29, 0.717) is 5.78 Å². The molecule has 0 atom stereocenters. The van der Waals surface area contributed by atoms with E-state index in [1.165, 1.54) is 0 Å². The highest BCUT2D eigenvalue weighted by molar-refractivity contribution is 5.80. The minimum atomic E-state index is 0. The molecule has 3 aromatic heterocycles. The molecule has 0 saturated carbocycles. The lowest BCUT2D eigenvalue weighted by molar-refractivity contribution is 1.08. The predicted octanol–water partition coefficient (Wildman–Crippen LogP) is 2.50. The topological polar surface area (TPSA) is 82.0 Å². The van der Waals surface area contributed by atoms with E-state index in [9.17, 15) is 0 Å². The van der Waals surface area contributed by atoms with E-state index in [1.54, 1.807) is 18.6 Å². The molecule has 3 heterocycles. The molecule has 0 aromatic carbocycles. The number of imidazole rings is 1. The molecule has 0 saturated heterocycles. The molecule has 2 N–H and O–H groups in total. The minimum absolute atomic E-state index is 0. The first-order valence-corrected chi connectivity index (χ1v) is 6.24. The Morgan fingerprint density at radius 2 is 2.05 bits per heavy atom. The van der Waals surface area contributed by atoms with E-state index < -0.39 is 0 Å². The second-order valence-electron chi connectivity index (χ2n) is 4.41. The Labute approximate surface area is 123 Å². The largest absolute Gasteiger partial charge is 0.368 e. The number of rotatable bonds is 2. The molecule has 0 unspecified atom stereocenters. The molecule has 6 heteroatoms. The van der Waals surface area contributed by atoms with Gasteiger partial charge in [-0.05, 0) is 19.4 Å². The van der Waals surface area contributed by atoms with Crippen LogP contribution in [0.3, 0.4) is 0 Å². The third-order valence-electron chi connectivity index (χ3n) is 3.13. The van der Waals surface area contributed by atoms with Gasteiger partial charge in [0.2, 0.25) is 11.7 Å². The summed E-state index contributed by atoms with van der Waals surface area (Å²) in [6.45, 7) is 3.89. The Morgan fingerprint density at radius 3 is 2.76 bits per heavy atom. The quantitative estimate of drug-likeness (QED) is 0.781. The van der Waals surface area contributed by atoms with Gasteiger partial charge in [0, 0.05) is 42.1 Å². The van der Waals surface area contributed by atoms with Crippen molar-refractivity contribution in [3.8, 4) is 0 Å². The maximum atomic E-state index is 5.60. The lowest BCUT2D eigenvalue weighted by atomic mass is 10.0. The van der Waals surface area contributed by atoms with Crippen LogP contribution in [0.4, 0.5) is 5.95 Å². The van der Waals surface area contributed by atoms with E-state index >= 15 is 0 Å². The van der Waals surface area contributed by atoms with Crippen LogP contribution in [0.5, 0.6) is 0 Å². The normalized spacial score (nSPS) is 11.4. The predicted molar refractivity (Wildman–Crippen MR) is 83.7 cm³/mol. The first-order chi connectivity index (χ1) is 9.69. The van der Waals surface area contributed by atoms with Gasteiger partial charge in [-0.15, -0.1) is 0 Å². The standard InChI is InChI=1S/C14H14N6.CH4/c1-3-11(12-7-17-13(15)19-9(12)2)10-6-18-14-16-4-5-20(14)8-10;/h3-8H,1-2H3,(H2,15,17,19);1H4/b11-3-;. The fourth-order valence-electron chi connectivity index (χ4n) is 2.18. The molecule has 6 nitrogen and oxygen atoms in total. The van der Waals surface area contributed by atoms with E-state index in [-0.39, 0.29) is 13.4 Å². The summed E-state index contributed by atoms with van der Waals surface area (Å²) >= 11 is 0. The van der Waals surface area contributed by atoms with Crippen LogP contribution in [0, 0.1) is 6.92 Å². The fourth-order valence-corrected chi connectivity index (χ4v) is 2.18. The van der Waals surface area contributed by atoms with Crippen molar-refractivity contribution in [2.24, 2.45) is 0 Å².